The average Bonchev–Trinajstić information content (AvgIpc) is 2.96. The van der Waals surface area contributed by atoms with Gasteiger partial charge in [0, 0.05) is 61.5 Å². The predicted octanol–water partition coefficient (Wildman–Crippen LogP) is 5.14. The fourth-order valence-electron chi connectivity index (χ4n) is 5.88. The lowest BCUT2D eigenvalue weighted by molar-refractivity contribution is 0.121. The molecule has 0 atom stereocenters. The number of hydrogen-bond donors (Lipinski definition) is 2. The summed E-state index contributed by atoms with van der Waals surface area (Å²) in [6.45, 7) is 9.52. The van der Waals surface area contributed by atoms with Gasteiger partial charge in [-0.1, -0.05) is 25.1 Å². The Hall–Kier alpha value is -3.22. The lowest BCUT2D eigenvalue weighted by Crippen LogP contribution is -2.47. The molecule has 1 heterocycles. The first-order valence-corrected chi connectivity index (χ1v) is 14.0. The van der Waals surface area contributed by atoms with Gasteiger partial charge < -0.3 is 25.2 Å². The van der Waals surface area contributed by atoms with E-state index in [4.69, 9.17) is 15.2 Å². The first-order valence-electron chi connectivity index (χ1n) is 14.0. The third-order valence-corrected chi connectivity index (χ3v) is 8.21. The molecule has 3 aromatic rings. The van der Waals surface area contributed by atoms with Gasteiger partial charge in [-0.3, -0.25) is 4.90 Å². The van der Waals surface area contributed by atoms with Crippen LogP contribution in [0.1, 0.15) is 42.0 Å². The van der Waals surface area contributed by atoms with E-state index in [-0.39, 0.29) is 0 Å². The van der Waals surface area contributed by atoms with E-state index in [0.717, 1.165) is 92.3 Å². The number of anilines is 1. The number of likely N-dealkylation sites (N-methyl/N-ethyl adjacent to an activating group) is 1. The highest BCUT2D eigenvalue weighted by Gasteiger charge is 2.22. The minimum Gasteiger partial charge on any atom is -0.507 e. The van der Waals surface area contributed by atoms with Gasteiger partial charge in [0.05, 0.1) is 7.11 Å². The zero-order valence-corrected chi connectivity index (χ0v) is 22.8. The van der Waals surface area contributed by atoms with Crippen LogP contribution in [0, 0.1) is 0 Å². The van der Waals surface area contributed by atoms with Crippen molar-refractivity contribution in [3.63, 3.8) is 0 Å². The van der Waals surface area contributed by atoms with Crippen LogP contribution in [0.4, 0.5) is 5.69 Å². The molecule has 3 aromatic carbocycles. The van der Waals surface area contributed by atoms with Crippen LogP contribution in [-0.2, 0) is 19.3 Å². The monoisotopic (exact) mass is 515 g/mol. The van der Waals surface area contributed by atoms with Crippen LogP contribution in [0.3, 0.4) is 0 Å². The third kappa shape index (κ3) is 5.77. The molecule has 2 aliphatic rings. The molecule has 1 aliphatic carbocycles. The first-order chi connectivity index (χ1) is 18.6. The largest absolute Gasteiger partial charge is 0.507 e. The highest BCUT2D eigenvalue weighted by Crippen LogP contribution is 2.43. The molecule has 202 valence electrons. The molecule has 0 radical (unpaired) electrons. The Balaban J connectivity index is 1.29. The van der Waals surface area contributed by atoms with E-state index in [0.29, 0.717) is 24.5 Å². The summed E-state index contributed by atoms with van der Waals surface area (Å²) >= 11 is 0. The van der Waals surface area contributed by atoms with Crippen molar-refractivity contribution in [3.05, 3.63) is 70.8 Å². The molecule has 1 saturated heterocycles. The molecule has 38 heavy (non-hydrogen) atoms. The number of nitrogens with two attached hydrogens (primary N) is 1. The molecule has 1 aliphatic heterocycles. The maximum Gasteiger partial charge on any atom is 0.124 e. The fraction of sp³-hybridized carbons (Fsp3) is 0.438. The fourth-order valence-corrected chi connectivity index (χ4v) is 5.88. The number of piperazine rings is 1. The van der Waals surface area contributed by atoms with Crippen molar-refractivity contribution in [2.45, 2.75) is 39.0 Å². The smallest absolute Gasteiger partial charge is 0.124 e. The highest BCUT2D eigenvalue weighted by molar-refractivity contribution is 5.86. The number of ether oxygens (including phenoxy) is 2. The minimum absolute atomic E-state index is 0.294. The molecule has 0 spiro atoms. The van der Waals surface area contributed by atoms with Gasteiger partial charge in [-0.05, 0) is 79.3 Å². The van der Waals surface area contributed by atoms with E-state index < -0.39 is 0 Å². The van der Waals surface area contributed by atoms with Crippen LogP contribution in [0.2, 0.25) is 0 Å². The molecular weight excluding hydrogens is 474 g/mol. The van der Waals surface area contributed by atoms with E-state index in [2.05, 4.69) is 34.9 Å². The molecule has 0 aromatic heterocycles. The van der Waals surface area contributed by atoms with Crippen LogP contribution in [0.25, 0.3) is 11.1 Å². The van der Waals surface area contributed by atoms with Gasteiger partial charge in [-0.25, -0.2) is 0 Å². The Bertz CT molecular complexity index is 1230. The van der Waals surface area contributed by atoms with Crippen LogP contribution in [-0.4, -0.2) is 67.9 Å². The molecule has 0 amide bonds. The lowest BCUT2D eigenvalue weighted by Gasteiger charge is -2.33. The van der Waals surface area contributed by atoms with Crippen molar-refractivity contribution >= 4 is 5.69 Å². The van der Waals surface area contributed by atoms with E-state index in [1.807, 2.05) is 30.3 Å². The normalized spacial score (nSPS) is 16.3. The SMILES string of the molecule is CCN1CCN(CCOc2ccc(Cc3c(OC)ccc(-c4c(O)ccc5c4CCCC5)c3N)cc2)CC1. The molecule has 5 rings (SSSR count). The van der Waals surface area contributed by atoms with Crippen LogP contribution < -0.4 is 15.2 Å². The Morgan fingerprint density at radius 2 is 1.63 bits per heavy atom. The highest BCUT2D eigenvalue weighted by atomic mass is 16.5. The second kappa shape index (κ2) is 12.1. The summed E-state index contributed by atoms with van der Waals surface area (Å²) in [5.74, 6) is 1.94. The number of methoxy groups -OCH3 is 1. The van der Waals surface area contributed by atoms with Crippen LogP contribution >= 0.6 is 0 Å². The number of nitrogens with zero attached hydrogens (tertiary/aromatic N) is 2. The van der Waals surface area contributed by atoms with Crippen molar-refractivity contribution in [1.29, 1.82) is 0 Å². The number of aryl methyl sites for hydroxylation is 1. The zero-order chi connectivity index (χ0) is 26.5. The topological polar surface area (TPSA) is 71.2 Å². The maximum absolute atomic E-state index is 10.9. The minimum atomic E-state index is 0.294. The molecule has 1 fully saturated rings. The standard InChI is InChI=1S/C32H41N3O3/c1-3-34-16-18-35(19-17-34)20-21-38-25-11-8-23(9-12-25)22-28-30(37-2)15-13-27(32(28)33)31-26-7-5-4-6-24(26)10-14-29(31)36/h8-15,36H,3-7,16-22,33H2,1-2H3. The summed E-state index contributed by atoms with van der Waals surface area (Å²) in [5.41, 5.74) is 13.9. The summed E-state index contributed by atoms with van der Waals surface area (Å²) in [6, 6.07) is 16.1. The number of nitrogen functional groups attached to an aromatic ring is 1. The maximum atomic E-state index is 10.9. The van der Waals surface area contributed by atoms with Gasteiger partial charge in [-0.15, -0.1) is 0 Å². The summed E-state index contributed by atoms with van der Waals surface area (Å²) in [4.78, 5) is 4.97. The first kappa shape index (κ1) is 26.4. The van der Waals surface area contributed by atoms with Crippen LogP contribution in [0.5, 0.6) is 17.2 Å². The zero-order valence-electron chi connectivity index (χ0n) is 22.8. The Morgan fingerprint density at radius 3 is 2.37 bits per heavy atom. The van der Waals surface area contributed by atoms with Gasteiger partial charge in [0.15, 0.2) is 0 Å². The molecule has 3 N–H and O–H groups in total. The summed E-state index contributed by atoms with van der Waals surface area (Å²) in [7, 11) is 1.68. The molecular formula is C32H41N3O3. The number of rotatable bonds is 9. The number of benzene rings is 3. The van der Waals surface area contributed by atoms with Gasteiger partial charge in [0.2, 0.25) is 0 Å². The number of phenolic OH excluding ortho intramolecular Hbond substituents is 1. The Morgan fingerprint density at radius 1 is 0.895 bits per heavy atom. The summed E-state index contributed by atoms with van der Waals surface area (Å²) in [6.07, 6.45) is 4.98. The van der Waals surface area contributed by atoms with E-state index in [9.17, 15) is 5.11 Å². The third-order valence-electron chi connectivity index (χ3n) is 8.21. The van der Waals surface area contributed by atoms with E-state index in [1.54, 1.807) is 7.11 Å². The quantitative estimate of drug-likeness (QED) is 0.385. The van der Waals surface area contributed by atoms with Crippen molar-refractivity contribution < 1.29 is 14.6 Å². The average molecular weight is 516 g/mol. The molecule has 0 bridgehead atoms. The van der Waals surface area contributed by atoms with E-state index >= 15 is 0 Å². The van der Waals surface area contributed by atoms with Crippen molar-refractivity contribution in [2.75, 3.05) is 58.7 Å². The Labute approximate surface area is 227 Å². The molecule has 0 unspecified atom stereocenters. The molecule has 0 saturated carbocycles. The van der Waals surface area contributed by atoms with Crippen molar-refractivity contribution in [2.24, 2.45) is 0 Å². The second-order valence-electron chi connectivity index (χ2n) is 10.5. The Kier molecular flexibility index (Phi) is 8.40. The number of phenols is 1. The lowest BCUT2D eigenvalue weighted by atomic mass is 9.84. The van der Waals surface area contributed by atoms with Crippen molar-refractivity contribution in [3.8, 4) is 28.4 Å². The number of fused-ring (bicyclic) bond motifs is 1. The summed E-state index contributed by atoms with van der Waals surface area (Å²) < 4.78 is 11.8. The number of aromatic hydroxyl groups is 1. The van der Waals surface area contributed by atoms with Gasteiger partial charge in [-0.2, -0.15) is 0 Å². The van der Waals surface area contributed by atoms with Gasteiger partial charge in [0.25, 0.3) is 0 Å². The second-order valence-corrected chi connectivity index (χ2v) is 10.5. The summed E-state index contributed by atoms with van der Waals surface area (Å²) in [5, 5.41) is 10.9. The van der Waals surface area contributed by atoms with E-state index in [1.165, 1.54) is 17.5 Å². The number of hydrogen-bond acceptors (Lipinski definition) is 6. The van der Waals surface area contributed by atoms with Crippen LogP contribution in [0.15, 0.2) is 48.5 Å². The molecule has 6 heteroatoms. The molecule has 6 nitrogen and oxygen atoms in total. The van der Waals surface area contributed by atoms with Gasteiger partial charge in [0.1, 0.15) is 23.9 Å². The predicted molar refractivity (Wildman–Crippen MR) is 154 cm³/mol. The van der Waals surface area contributed by atoms with Gasteiger partial charge >= 0.3 is 0 Å². The van der Waals surface area contributed by atoms with Crippen molar-refractivity contribution in [1.82, 2.24) is 9.80 Å².